The number of carbonyl (C=O) groups excluding carboxylic acids is 1. The topological polar surface area (TPSA) is 43.1 Å². The van der Waals surface area contributed by atoms with Gasteiger partial charge in [0.15, 0.2) is 5.78 Å². The van der Waals surface area contributed by atoms with Crippen LogP contribution in [0.5, 0.6) is 0 Å². The third kappa shape index (κ3) is 2.81. The molecule has 2 nitrogen and oxygen atoms in total. The number of nitrogen functional groups attached to an aromatic ring is 1. The molecule has 0 aromatic heterocycles. The Hall–Kier alpha value is -1.02. The Bertz CT molecular complexity index is 422. The molecule has 0 aliphatic heterocycles. The van der Waals surface area contributed by atoms with Gasteiger partial charge in [0, 0.05) is 22.2 Å². The minimum Gasteiger partial charge on any atom is -0.398 e. The van der Waals surface area contributed by atoms with Crippen molar-refractivity contribution in [2.75, 3.05) is 5.73 Å². The van der Waals surface area contributed by atoms with Gasteiger partial charge in [-0.2, -0.15) is 0 Å². The van der Waals surface area contributed by atoms with Crippen LogP contribution in [0.15, 0.2) is 18.2 Å². The van der Waals surface area contributed by atoms with Gasteiger partial charge in [-0.1, -0.05) is 31.4 Å². The lowest BCUT2D eigenvalue weighted by atomic mass is 9.79. The Morgan fingerprint density at radius 1 is 1.29 bits per heavy atom. The molecule has 1 aliphatic rings. The lowest BCUT2D eigenvalue weighted by molar-refractivity contribution is 0.0876. The average molecular weight is 252 g/mol. The molecular formula is C14H18ClNO. The summed E-state index contributed by atoms with van der Waals surface area (Å²) in [6.45, 7) is 2.25. The molecule has 2 N–H and O–H groups in total. The first kappa shape index (κ1) is 12.4. The summed E-state index contributed by atoms with van der Waals surface area (Å²) in [6, 6.07) is 5.13. The molecule has 2 rings (SSSR count). The van der Waals surface area contributed by atoms with E-state index in [2.05, 4.69) is 6.92 Å². The minimum atomic E-state index is 0.148. The van der Waals surface area contributed by atoms with Gasteiger partial charge in [0.2, 0.25) is 0 Å². The Kier molecular flexibility index (Phi) is 3.72. The van der Waals surface area contributed by atoms with Gasteiger partial charge in [0.1, 0.15) is 0 Å². The van der Waals surface area contributed by atoms with E-state index in [1.807, 2.05) is 0 Å². The first-order valence-corrected chi connectivity index (χ1v) is 6.55. The summed E-state index contributed by atoms with van der Waals surface area (Å²) in [4.78, 5) is 12.3. The number of carbonyl (C=O) groups is 1. The monoisotopic (exact) mass is 251 g/mol. The molecule has 1 aliphatic carbocycles. The number of benzene rings is 1. The standard InChI is InChI=1S/C14H18ClNO/c1-9-2-4-10(5-3-9)14(17)12-7-6-11(15)8-13(12)16/h6-10H,2-5,16H2,1H3. The zero-order chi connectivity index (χ0) is 12.4. The summed E-state index contributed by atoms with van der Waals surface area (Å²) >= 11 is 5.84. The molecule has 0 heterocycles. The number of Topliss-reactive ketones (excluding diaryl/α,β-unsaturated/α-hetero) is 1. The third-order valence-corrected chi connectivity index (χ3v) is 3.90. The molecule has 0 unspecified atom stereocenters. The van der Waals surface area contributed by atoms with Gasteiger partial charge in [-0.15, -0.1) is 0 Å². The summed E-state index contributed by atoms with van der Waals surface area (Å²) in [5, 5.41) is 0.580. The maximum Gasteiger partial charge on any atom is 0.168 e. The Labute approximate surface area is 107 Å². The Morgan fingerprint density at radius 2 is 1.94 bits per heavy atom. The van der Waals surface area contributed by atoms with Crippen LogP contribution in [0.25, 0.3) is 0 Å². The smallest absolute Gasteiger partial charge is 0.168 e. The van der Waals surface area contributed by atoms with Crippen LogP contribution in [0.2, 0.25) is 5.02 Å². The third-order valence-electron chi connectivity index (χ3n) is 3.67. The second-order valence-corrected chi connectivity index (χ2v) is 5.49. The van der Waals surface area contributed by atoms with Gasteiger partial charge >= 0.3 is 0 Å². The highest BCUT2D eigenvalue weighted by Crippen LogP contribution is 2.32. The van der Waals surface area contributed by atoms with E-state index >= 15 is 0 Å². The van der Waals surface area contributed by atoms with Gasteiger partial charge in [-0.25, -0.2) is 0 Å². The highest BCUT2D eigenvalue weighted by molar-refractivity contribution is 6.31. The molecule has 1 saturated carbocycles. The van der Waals surface area contributed by atoms with Crippen molar-refractivity contribution in [3.05, 3.63) is 28.8 Å². The van der Waals surface area contributed by atoms with Crippen LogP contribution in [0.4, 0.5) is 5.69 Å². The number of nitrogens with two attached hydrogens (primary N) is 1. The van der Waals surface area contributed by atoms with Crippen LogP contribution in [-0.2, 0) is 0 Å². The normalized spacial score (nSPS) is 24.6. The summed E-state index contributed by atoms with van der Waals surface area (Å²) < 4.78 is 0. The Balaban J connectivity index is 2.14. The summed E-state index contributed by atoms with van der Waals surface area (Å²) in [6.07, 6.45) is 4.26. The molecule has 3 heteroatoms. The van der Waals surface area contributed by atoms with Gasteiger partial charge in [0.25, 0.3) is 0 Å². The maximum atomic E-state index is 12.3. The van der Waals surface area contributed by atoms with E-state index in [9.17, 15) is 4.79 Å². The van der Waals surface area contributed by atoms with Gasteiger partial charge < -0.3 is 5.73 Å². The fraction of sp³-hybridized carbons (Fsp3) is 0.500. The first-order valence-electron chi connectivity index (χ1n) is 6.17. The van der Waals surface area contributed by atoms with Crippen LogP contribution in [0, 0.1) is 11.8 Å². The molecule has 1 aromatic rings. The van der Waals surface area contributed by atoms with Crippen molar-refractivity contribution in [3.8, 4) is 0 Å². The van der Waals surface area contributed by atoms with Crippen molar-refractivity contribution in [2.24, 2.45) is 11.8 Å². The second-order valence-electron chi connectivity index (χ2n) is 5.05. The van der Waals surface area contributed by atoms with Gasteiger partial charge in [-0.05, 0) is 37.0 Å². The molecule has 92 valence electrons. The van der Waals surface area contributed by atoms with Crippen molar-refractivity contribution in [3.63, 3.8) is 0 Å². The largest absolute Gasteiger partial charge is 0.398 e. The fourth-order valence-corrected chi connectivity index (χ4v) is 2.68. The van der Waals surface area contributed by atoms with Crippen molar-refractivity contribution in [1.82, 2.24) is 0 Å². The molecule has 0 bridgehead atoms. The van der Waals surface area contributed by atoms with Crippen LogP contribution in [-0.4, -0.2) is 5.78 Å². The minimum absolute atomic E-state index is 0.148. The number of hydrogen-bond acceptors (Lipinski definition) is 2. The molecule has 0 saturated heterocycles. The lowest BCUT2D eigenvalue weighted by Crippen LogP contribution is -2.21. The average Bonchev–Trinajstić information content (AvgIpc) is 2.29. The number of rotatable bonds is 2. The Morgan fingerprint density at radius 3 is 2.53 bits per heavy atom. The van der Waals surface area contributed by atoms with E-state index in [4.69, 9.17) is 17.3 Å². The predicted molar refractivity (Wildman–Crippen MR) is 71.3 cm³/mol. The SMILES string of the molecule is CC1CCC(C(=O)c2ccc(Cl)cc2N)CC1. The van der Waals surface area contributed by atoms with Crippen molar-refractivity contribution >= 4 is 23.1 Å². The van der Waals surface area contributed by atoms with Gasteiger partial charge in [0.05, 0.1) is 0 Å². The predicted octanol–water partition coefficient (Wildman–Crippen LogP) is 3.93. The van der Waals surface area contributed by atoms with E-state index in [1.54, 1.807) is 18.2 Å². The van der Waals surface area contributed by atoms with Crippen LogP contribution in [0.3, 0.4) is 0 Å². The summed E-state index contributed by atoms with van der Waals surface area (Å²) in [5.74, 6) is 1.09. The lowest BCUT2D eigenvalue weighted by Gasteiger charge is -2.25. The van der Waals surface area contributed by atoms with E-state index < -0.39 is 0 Å². The van der Waals surface area contributed by atoms with E-state index in [0.29, 0.717) is 16.3 Å². The number of hydrogen-bond donors (Lipinski definition) is 1. The highest BCUT2D eigenvalue weighted by atomic mass is 35.5. The summed E-state index contributed by atoms with van der Waals surface area (Å²) in [7, 11) is 0. The van der Waals surface area contributed by atoms with Gasteiger partial charge in [-0.3, -0.25) is 4.79 Å². The number of halogens is 1. The number of anilines is 1. The van der Waals surface area contributed by atoms with Crippen LogP contribution < -0.4 is 5.73 Å². The summed E-state index contributed by atoms with van der Waals surface area (Å²) in [5.41, 5.74) is 6.99. The van der Waals surface area contributed by atoms with Crippen LogP contribution >= 0.6 is 11.6 Å². The van der Waals surface area contributed by atoms with E-state index in [1.165, 1.54) is 0 Å². The maximum absolute atomic E-state index is 12.3. The fourth-order valence-electron chi connectivity index (χ4n) is 2.50. The zero-order valence-corrected chi connectivity index (χ0v) is 10.8. The van der Waals surface area contributed by atoms with Crippen molar-refractivity contribution in [2.45, 2.75) is 32.6 Å². The molecule has 17 heavy (non-hydrogen) atoms. The van der Waals surface area contributed by atoms with Crippen LogP contribution in [0.1, 0.15) is 43.0 Å². The molecule has 0 atom stereocenters. The molecule has 1 aromatic carbocycles. The molecule has 1 fully saturated rings. The van der Waals surface area contributed by atoms with Crippen molar-refractivity contribution in [1.29, 1.82) is 0 Å². The molecule has 0 spiro atoms. The highest BCUT2D eigenvalue weighted by Gasteiger charge is 2.26. The zero-order valence-electron chi connectivity index (χ0n) is 10.1. The second kappa shape index (κ2) is 5.09. The first-order chi connectivity index (χ1) is 8.08. The molecular weight excluding hydrogens is 234 g/mol. The van der Waals surface area contributed by atoms with E-state index in [0.717, 1.165) is 31.6 Å². The van der Waals surface area contributed by atoms with E-state index in [-0.39, 0.29) is 11.7 Å². The van der Waals surface area contributed by atoms with Crippen molar-refractivity contribution < 1.29 is 4.79 Å². The molecule has 0 radical (unpaired) electrons. The quantitative estimate of drug-likeness (QED) is 0.639. The molecule has 0 amide bonds. The number of ketones is 1.